The van der Waals surface area contributed by atoms with Crippen LogP contribution >= 0.6 is 0 Å². The van der Waals surface area contributed by atoms with Gasteiger partial charge in [0.15, 0.2) is 11.5 Å². The van der Waals surface area contributed by atoms with Gasteiger partial charge in [-0.15, -0.1) is 0 Å². The Morgan fingerprint density at radius 3 is 2.38 bits per heavy atom. The third kappa shape index (κ3) is 2.77. The largest absolute Gasteiger partial charge is 0.493 e. The summed E-state index contributed by atoms with van der Waals surface area (Å²) in [5.41, 5.74) is 1.82. The van der Waals surface area contributed by atoms with E-state index in [1.807, 2.05) is 43.5 Å². The molecular weight excluding hydrogens is 328 g/mol. The maximum Gasteiger partial charge on any atom is 0.162 e. The van der Waals surface area contributed by atoms with E-state index < -0.39 is 0 Å². The molecule has 0 saturated heterocycles. The van der Waals surface area contributed by atoms with Crippen molar-refractivity contribution in [3.8, 4) is 23.0 Å². The quantitative estimate of drug-likeness (QED) is 0.526. The maximum absolute atomic E-state index is 6.25. The standard InChI is InChI=1S/C21H18N2O3/c1-13-8-15-12-22-6-4-14(15)9-19(13)26-18-5-7-23-17-11-21(25-3)20(24-2)10-16(17)18/h4-12H,1-3H3. The molecule has 4 rings (SSSR count). The number of pyridine rings is 2. The number of aryl methyl sites for hydroxylation is 1. The van der Waals surface area contributed by atoms with Crippen molar-refractivity contribution >= 4 is 21.7 Å². The lowest BCUT2D eigenvalue weighted by molar-refractivity contribution is 0.355. The monoisotopic (exact) mass is 346 g/mol. The first-order chi connectivity index (χ1) is 12.7. The molecule has 2 aromatic carbocycles. The molecule has 0 atom stereocenters. The topological polar surface area (TPSA) is 53.5 Å². The lowest BCUT2D eigenvalue weighted by atomic mass is 10.1. The maximum atomic E-state index is 6.25. The van der Waals surface area contributed by atoms with Gasteiger partial charge in [0.2, 0.25) is 0 Å². The van der Waals surface area contributed by atoms with E-state index in [0.717, 1.165) is 33.0 Å². The second-order valence-corrected chi connectivity index (χ2v) is 5.98. The van der Waals surface area contributed by atoms with E-state index >= 15 is 0 Å². The molecule has 130 valence electrons. The van der Waals surface area contributed by atoms with Gasteiger partial charge >= 0.3 is 0 Å². The van der Waals surface area contributed by atoms with Gasteiger partial charge in [0, 0.05) is 35.4 Å². The molecule has 0 unspecified atom stereocenters. The number of hydrogen-bond donors (Lipinski definition) is 0. The van der Waals surface area contributed by atoms with Crippen molar-refractivity contribution in [2.24, 2.45) is 0 Å². The molecule has 4 aromatic rings. The molecular formula is C21H18N2O3. The Morgan fingerprint density at radius 1 is 0.769 bits per heavy atom. The number of rotatable bonds is 4. The third-order valence-electron chi connectivity index (χ3n) is 4.36. The summed E-state index contributed by atoms with van der Waals surface area (Å²) < 4.78 is 17.0. The zero-order valence-corrected chi connectivity index (χ0v) is 14.8. The van der Waals surface area contributed by atoms with E-state index in [1.165, 1.54) is 0 Å². The normalized spacial score (nSPS) is 10.9. The first kappa shape index (κ1) is 16.1. The average Bonchev–Trinajstić information content (AvgIpc) is 2.67. The van der Waals surface area contributed by atoms with Crippen LogP contribution in [0.2, 0.25) is 0 Å². The number of benzene rings is 2. The minimum Gasteiger partial charge on any atom is -0.493 e. The Morgan fingerprint density at radius 2 is 1.58 bits per heavy atom. The highest BCUT2D eigenvalue weighted by Gasteiger charge is 2.12. The summed E-state index contributed by atoms with van der Waals surface area (Å²) >= 11 is 0. The van der Waals surface area contributed by atoms with Crippen LogP contribution in [0, 0.1) is 6.92 Å². The predicted molar refractivity (Wildman–Crippen MR) is 101 cm³/mol. The molecule has 26 heavy (non-hydrogen) atoms. The van der Waals surface area contributed by atoms with Gasteiger partial charge in [-0.1, -0.05) is 0 Å². The Hall–Kier alpha value is -3.34. The molecule has 0 radical (unpaired) electrons. The second-order valence-electron chi connectivity index (χ2n) is 5.98. The zero-order chi connectivity index (χ0) is 18.1. The number of fused-ring (bicyclic) bond motifs is 2. The van der Waals surface area contributed by atoms with Crippen LogP contribution in [0.4, 0.5) is 0 Å². The lowest BCUT2D eigenvalue weighted by Crippen LogP contribution is -1.94. The van der Waals surface area contributed by atoms with Gasteiger partial charge in [0.1, 0.15) is 11.5 Å². The summed E-state index contributed by atoms with van der Waals surface area (Å²) in [7, 11) is 3.22. The SMILES string of the molecule is COc1cc2nccc(Oc3cc4ccncc4cc3C)c2cc1OC. The van der Waals surface area contributed by atoms with Crippen LogP contribution in [0.3, 0.4) is 0 Å². The summed E-state index contributed by atoms with van der Waals surface area (Å²) in [5, 5.41) is 3.03. The van der Waals surface area contributed by atoms with Crippen LogP contribution < -0.4 is 14.2 Å². The van der Waals surface area contributed by atoms with Crippen molar-refractivity contribution in [3.05, 3.63) is 60.6 Å². The smallest absolute Gasteiger partial charge is 0.162 e. The molecule has 0 amide bonds. The van der Waals surface area contributed by atoms with E-state index in [2.05, 4.69) is 16.0 Å². The Balaban J connectivity index is 1.83. The highest BCUT2D eigenvalue weighted by molar-refractivity contribution is 5.89. The van der Waals surface area contributed by atoms with Crippen molar-refractivity contribution in [2.45, 2.75) is 6.92 Å². The van der Waals surface area contributed by atoms with Gasteiger partial charge in [-0.2, -0.15) is 0 Å². The van der Waals surface area contributed by atoms with Gasteiger partial charge < -0.3 is 14.2 Å². The summed E-state index contributed by atoms with van der Waals surface area (Å²) in [6.07, 6.45) is 5.36. The molecule has 2 aromatic heterocycles. The zero-order valence-electron chi connectivity index (χ0n) is 14.8. The highest BCUT2D eigenvalue weighted by Crippen LogP contribution is 2.38. The van der Waals surface area contributed by atoms with Crippen LogP contribution in [0.5, 0.6) is 23.0 Å². The van der Waals surface area contributed by atoms with Gasteiger partial charge in [-0.3, -0.25) is 9.97 Å². The highest BCUT2D eigenvalue weighted by atomic mass is 16.5. The average molecular weight is 346 g/mol. The van der Waals surface area contributed by atoms with Gasteiger partial charge in [-0.25, -0.2) is 0 Å². The van der Waals surface area contributed by atoms with Crippen molar-refractivity contribution < 1.29 is 14.2 Å². The number of ether oxygens (including phenoxy) is 3. The molecule has 0 aliphatic heterocycles. The van der Waals surface area contributed by atoms with Crippen LogP contribution in [0.15, 0.2) is 55.0 Å². The van der Waals surface area contributed by atoms with E-state index in [-0.39, 0.29) is 0 Å². The first-order valence-electron chi connectivity index (χ1n) is 8.22. The Labute approximate surface area is 151 Å². The van der Waals surface area contributed by atoms with Crippen LogP contribution in [0.1, 0.15) is 5.56 Å². The molecule has 0 spiro atoms. The van der Waals surface area contributed by atoms with Crippen LogP contribution in [-0.4, -0.2) is 24.2 Å². The third-order valence-corrected chi connectivity index (χ3v) is 4.36. The fraction of sp³-hybridized carbons (Fsp3) is 0.143. The van der Waals surface area contributed by atoms with Gasteiger partial charge in [-0.05, 0) is 48.2 Å². The summed E-state index contributed by atoms with van der Waals surface area (Å²) in [6, 6.07) is 11.7. The van der Waals surface area contributed by atoms with E-state index in [9.17, 15) is 0 Å². The molecule has 0 aliphatic rings. The summed E-state index contributed by atoms with van der Waals surface area (Å²) in [6.45, 7) is 2.02. The fourth-order valence-corrected chi connectivity index (χ4v) is 2.99. The molecule has 0 aliphatic carbocycles. The summed E-state index contributed by atoms with van der Waals surface area (Å²) in [4.78, 5) is 8.59. The molecule has 0 fully saturated rings. The predicted octanol–water partition coefficient (Wildman–Crippen LogP) is 4.90. The number of nitrogens with zero attached hydrogens (tertiary/aromatic N) is 2. The minimum atomic E-state index is 0.638. The van der Waals surface area contributed by atoms with E-state index in [4.69, 9.17) is 14.2 Å². The van der Waals surface area contributed by atoms with Crippen molar-refractivity contribution in [1.29, 1.82) is 0 Å². The van der Waals surface area contributed by atoms with Gasteiger partial charge in [0.25, 0.3) is 0 Å². The molecule has 2 heterocycles. The van der Waals surface area contributed by atoms with Crippen LogP contribution in [-0.2, 0) is 0 Å². The lowest BCUT2D eigenvalue weighted by Gasteiger charge is -2.14. The van der Waals surface area contributed by atoms with Crippen molar-refractivity contribution in [1.82, 2.24) is 9.97 Å². The minimum absolute atomic E-state index is 0.638. The molecule has 5 nitrogen and oxygen atoms in total. The Bertz CT molecular complexity index is 1110. The van der Waals surface area contributed by atoms with Crippen molar-refractivity contribution in [2.75, 3.05) is 14.2 Å². The van der Waals surface area contributed by atoms with Crippen molar-refractivity contribution in [3.63, 3.8) is 0 Å². The molecule has 5 heteroatoms. The van der Waals surface area contributed by atoms with Gasteiger partial charge in [0.05, 0.1) is 19.7 Å². The molecule has 0 bridgehead atoms. The van der Waals surface area contributed by atoms with Crippen LogP contribution in [0.25, 0.3) is 21.7 Å². The van der Waals surface area contributed by atoms with E-state index in [1.54, 1.807) is 26.6 Å². The number of hydrogen-bond acceptors (Lipinski definition) is 5. The first-order valence-corrected chi connectivity index (χ1v) is 8.22. The number of methoxy groups -OCH3 is 2. The second kappa shape index (κ2) is 6.52. The van der Waals surface area contributed by atoms with E-state index in [0.29, 0.717) is 17.2 Å². The summed E-state index contributed by atoms with van der Waals surface area (Å²) in [5.74, 6) is 2.79. The molecule has 0 saturated carbocycles. The fourth-order valence-electron chi connectivity index (χ4n) is 2.99. The molecule has 0 N–H and O–H groups in total. The number of aromatic nitrogens is 2. The Kier molecular flexibility index (Phi) is 4.05.